The highest BCUT2D eigenvalue weighted by atomic mass is 32.2. The molecule has 1 rings (SSSR count). The third kappa shape index (κ3) is 4.58. The van der Waals surface area contributed by atoms with Gasteiger partial charge >= 0.3 is 0 Å². The third-order valence-corrected chi connectivity index (χ3v) is 4.93. The van der Waals surface area contributed by atoms with E-state index >= 15 is 0 Å². The van der Waals surface area contributed by atoms with Gasteiger partial charge in [-0.2, -0.15) is 0 Å². The van der Waals surface area contributed by atoms with Crippen LogP contribution in [-0.4, -0.2) is 21.5 Å². The smallest absolute Gasteiger partial charge is 0.241 e. The lowest BCUT2D eigenvalue weighted by atomic mass is 10.1. The van der Waals surface area contributed by atoms with Gasteiger partial charge in [-0.05, 0) is 44.0 Å². The minimum Gasteiger partial charge on any atom is -0.316 e. The summed E-state index contributed by atoms with van der Waals surface area (Å²) in [5.41, 5.74) is 1.84. The van der Waals surface area contributed by atoms with Crippen molar-refractivity contribution in [1.82, 2.24) is 10.0 Å². The number of benzene rings is 1. The molecule has 20 heavy (non-hydrogen) atoms. The molecule has 1 aromatic carbocycles. The van der Waals surface area contributed by atoms with Crippen LogP contribution in [0.3, 0.4) is 0 Å². The summed E-state index contributed by atoms with van der Waals surface area (Å²) in [6.07, 6.45) is 2.51. The van der Waals surface area contributed by atoms with Crippen LogP contribution >= 0.6 is 0 Å². The molecule has 2 N–H and O–H groups in total. The standard InChI is InChI=1S/C15H26N2O2S/c1-5-7-12(3)17-20(18,19)15-10-13(11-16-4)8-9-14(15)6-2/h8-10,12,16-17H,5-7,11H2,1-4H3. The van der Waals surface area contributed by atoms with Crippen LogP contribution in [0.25, 0.3) is 0 Å². The molecule has 0 heterocycles. The molecule has 0 spiro atoms. The Labute approximate surface area is 123 Å². The second kappa shape index (κ2) is 7.76. The summed E-state index contributed by atoms with van der Waals surface area (Å²) < 4.78 is 27.8. The van der Waals surface area contributed by atoms with E-state index in [4.69, 9.17) is 0 Å². The number of hydrogen-bond donors (Lipinski definition) is 2. The average Bonchev–Trinajstić information content (AvgIpc) is 2.38. The Morgan fingerprint density at radius 1 is 1.25 bits per heavy atom. The van der Waals surface area contributed by atoms with E-state index in [0.29, 0.717) is 17.9 Å². The molecule has 114 valence electrons. The van der Waals surface area contributed by atoms with Gasteiger partial charge in [-0.25, -0.2) is 13.1 Å². The maximum atomic E-state index is 12.5. The number of sulfonamides is 1. The van der Waals surface area contributed by atoms with Crippen LogP contribution in [0.5, 0.6) is 0 Å². The second-order valence-electron chi connectivity index (χ2n) is 5.14. The minimum absolute atomic E-state index is 0.0392. The molecular formula is C15H26N2O2S. The first-order valence-corrected chi connectivity index (χ1v) is 8.71. The zero-order valence-corrected chi connectivity index (χ0v) is 13.7. The summed E-state index contributed by atoms with van der Waals surface area (Å²) in [5, 5.41) is 3.05. The topological polar surface area (TPSA) is 58.2 Å². The molecule has 0 radical (unpaired) electrons. The molecule has 1 aromatic rings. The fourth-order valence-corrected chi connectivity index (χ4v) is 3.91. The Balaban J connectivity index is 3.11. The van der Waals surface area contributed by atoms with Crippen LogP contribution < -0.4 is 10.0 Å². The largest absolute Gasteiger partial charge is 0.316 e. The van der Waals surface area contributed by atoms with Crippen molar-refractivity contribution in [2.45, 2.75) is 57.5 Å². The average molecular weight is 298 g/mol. The van der Waals surface area contributed by atoms with Gasteiger partial charge < -0.3 is 5.32 Å². The van der Waals surface area contributed by atoms with Crippen molar-refractivity contribution < 1.29 is 8.42 Å². The van der Waals surface area contributed by atoms with Gasteiger partial charge in [0, 0.05) is 12.6 Å². The SMILES string of the molecule is CCCC(C)NS(=O)(=O)c1cc(CNC)ccc1CC. The van der Waals surface area contributed by atoms with Gasteiger partial charge in [0.05, 0.1) is 4.90 Å². The van der Waals surface area contributed by atoms with Crippen molar-refractivity contribution >= 4 is 10.0 Å². The summed E-state index contributed by atoms with van der Waals surface area (Å²) in [5.74, 6) is 0. The fourth-order valence-electron chi connectivity index (χ4n) is 2.28. The lowest BCUT2D eigenvalue weighted by molar-refractivity contribution is 0.543. The molecule has 0 saturated heterocycles. The minimum atomic E-state index is -3.44. The van der Waals surface area contributed by atoms with E-state index in [0.717, 1.165) is 24.0 Å². The van der Waals surface area contributed by atoms with Crippen LogP contribution in [-0.2, 0) is 23.0 Å². The van der Waals surface area contributed by atoms with Crippen LogP contribution in [0.15, 0.2) is 23.1 Å². The van der Waals surface area contributed by atoms with Crippen molar-refractivity contribution in [3.63, 3.8) is 0 Å². The third-order valence-electron chi connectivity index (χ3n) is 3.26. The summed E-state index contributed by atoms with van der Waals surface area (Å²) in [4.78, 5) is 0.413. The van der Waals surface area contributed by atoms with Gasteiger partial charge in [-0.1, -0.05) is 32.4 Å². The fraction of sp³-hybridized carbons (Fsp3) is 0.600. The molecule has 4 nitrogen and oxygen atoms in total. The molecule has 1 unspecified atom stereocenters. The number of hydrogen-bond acceptors (Lipinski definition) is 3. The van der Waals surface area contributed by atoms with Crippen LogP contribution in [0.4, 0.5) is 0 Å². The molecule has 5 heteroatoms. The molecule has 0 saturated carbocycles. The Morgan fingerprint density at radius 2 is 1.95 bits per heavy atom. The molecule has 0 amide bonds. The predicted octanol–water partition coefficient (Wildman–Crippen LogP) is 2.44. The highest BCUT2D eigenvalue weighted by molar-refractivity contribution is 7.89. The highest BCUT2D eigenvalue weighted by Crippen LogP contribution is 2.19. The summed E-state index contributed by atoms with van der Waals surface area (Å²) >= 11 is 0. The summed E-state index contributed by atoms with van der Waals surface area (Å²) in [6.45, 7) is 6.60. The molecule has 1 atom stereocenters. The Hall–Kier alpha value is -0.910. The predicted molar refractivity (Wildman–Crippen MR) is 83.3 cm³/mol. The van der Waals surface area contributed by atoms with Crippen molar-refractivity contribution in [3.8, 4) is 0 Å². The molecule has 0 fully saturated rings. The zero-order valence-electron chi connectivity index (χ0n) is 12.9. The highest BCUT2D eigenvalue weighted by Gasteiger charge is 2.20. The van der Waals surface area contributed by atoms with E-state index in [2.05, 4.69) is 17.0 Å². The quantitative estimate of drug-likeness (QED) is 0.775. The summed E-state index contributed by atoms with van der Waals surface area (Å²) in [7, 11) is -1.59. The maximum Gasteiger partial charge on any atom is 0.241 e. The Kier molecular flexibility index (Phi) is 6.65. The van der Waals surface area contributed by atoms with Gasteiger partial charge in [-0.15, -0.1) is 0 Å². The van der Waals surface area contributed by atoms with E-state index in [1.54, 1.807) is 6.07 Å². The number of rotatable bonds is 8. The second-order valence-corrected chi connectivity index (χ2v) is 6.82. The van der Waals surface area contributed by atoms with Crippen LogP contribution in [0.2, 0.25) is 0 Å². The van der Waals surface area contributed by atoms with Crippen molar-refractivity contribution in [2.75, 3.05) is 7.05 Å². The maximum absolute atomic E-state index is 12.5. The molecular weight excluding hydrogens is 272 g/mol. The first-order valence-electron chi connectivity index (χ1n) is 7.23. The van der Waals surface area contributed by atoms with Crippen molar-refractivity contribution in [2.24, 2.45) is 0 Å². The van der Waals surface area contributed by atoms with Gasteiger partial charge in [0.25, 0.3) is 0 Å². The molecule has 0 aromatic heterocycles. The van der Waals surface area contributed by atoms with Gasteiger partial charge in [-0.3, -0.25) is 0 Å². The Morgan fingerprint density at radius 3 is 2.50 bits per heavy atom. The summed E-state index contributed by atoms with van der Waals surface area (Å²) in [6, 6.07) is 5.62. The van der Waals surface area contributed by atoms with E-state index < -0.39 is 10.0 Å². The first kappa shape index (κ1) is 17.1. The molecule has 0 aliphatic rings. The van der Waals surface area contributed by atoms with Gasteiger partial charge in [0.2, 0.25) is 10.0 Å². The zero-order chi connectivity index (χ0) is 15.2. The van der Waals surface area contributed by atoms with E-state index in [1.807, 2.05) is 33.0 Å². The normalized spacial score (nSPS) is 13.4. The van der Waals surface area contributed by atoms with Gasteiger partial charge in [0.15, 0.2) is 0 Å². The number of nitrogens with one attached hydrogen (secondary N) is 2. The van der Waals surface area contributed by atoms with E-state index in [-0.39, 0.29) is 6.04 Å². The van der Waals surface area contributed by atoms with E-state index in [1.165, 1.54) is 0 Å². The monoisotopic (exact) mass is 298 g/mol. The Bertz CT molecular complexity index is 527. The lowest BCUT2D eigenvalue weighted by Crippen LogP contribution is -2.33. The van der Waals surface area contributed by atoms with Crippen molar-refractivity contribution in [3.05, 3.63) is 29.3 Å². The van der Waals surface area contributed by atoms with Crippen LogP contribution in [0, 0.1) is 0 Å². The number of aryl methyl sites for hydroxylation is 1. The van der Waals surface area contributed by atoms with Crippen molar-refractivity contribution in [1.29, 1.82) is 0 Å². The molecule has 0 aliphatic heterocycles. The lowest BCUT2D eigenvalue weighted by Gasteiger charge is -2.16. The molecule has 0 aliphatic carbocycles. The van der Waals surface area contributed by atoms with Gasteiger partial charge in [0.1, 0.15) is 0 Å². The van der Waals surface area contributed by atoms with Crippen LogP contribution in [0.1, 0.15) is 44.7 Å². The first-order chi connectivity index (χ1) is 9.44. The molecule has 0 bridgehead atoms. The van der Waals surface area contributed by atoms with E-state index in [9.17, 15) is 8.42 Å².